The Morgan fingerprint density at radius 2 is 1.55 bits per heavy atom. The SMILES string of the molecule is CC(=O)OC1C(O[C@@H]2CC3C4CC=C5C[C@@H](O)CC[C@]5(C)C4CC[C@]3(C)[C@@]2(O)[C@H](C)C(=O)CCC(C)C)OCC(O)C1OC1OCC(O)C(O)C1OC(C)c1ccccc1. The Morgan fingerprint density at radius 3 is 2.23 bits per heavy atom. The van der Waals surface area contributed by atoms with Crippen LogP contribution in [0.25, 0.3) is 0 Å². The third-order valence-electron chi connectivity index (χ3n) is 15.8. The Balaban J connectivity index is 1.19. The zero-order valence-electron chi connectivity index (χ0n) is 36.5. The summed E-state index contributed by atoms with van der Waals surface area (Å²) in [6, 6.07) is 9.34. The number of Topliss-reactive ketones (excluding diaryl/α,β-unsaturated/α-hetero) is 1. The van der Waals surface area contributed by atoms with E-state index in [4.69, 9.17) is 28.4 Å². The fourth-order valence-corrected chi connectivity index (χ4v) is 12.2. The average molecular weight is 843 g/mol. The van der Waals surface area contributed by atoms with Gasteiger partial charge in [0.25, 0.3) is 0 Å². The third kappa shape index (κ3) is 8.42. The number of esters is 1. The van der Waals surface area contributed by atoms with Crippen molar-refractivity contribution < 1.29 is 63.5 Å². The highest BCUT2D eigenvalue weighted by atomic mass is 16.7. The topological polar surface area (TPSA) is 191 Å². The van der Waals surface area contributed by atoms with E-state index >= 15 is 0 Å². The summed E-state index contributed by atoms with van der Waals surface area (Å²) in [5, 5.41) is 57.3. The maximum Gasteiger partial charge on any atom is 0.303 e. The van der Waals surface area contributed by atoms with Crippen LogP contribution >= 0.6 is 0 Å². The number of hydrogen-bond acceptors (Lipinski definition) is 13. The van der Waals surface area contributed by atoms with Crippen LogP contribution in [0, 0.1) is 40.4 Å². The van der Waals surface area contributed by atoms with Crippen molar-refractivity contribution in [2.45, 2.75) is 179 Å². The largest absolute Gasteiger partial charge is 0.454 e. The number of carbonyl (C=O) groups excluding carboxylic acids is 2. The quantitative estimate of drug-likeness (QED) is 0.133. The molecule has 5 fully saturated rings. The molecule has 1 aromatic rings. The van der Waals surface area contributed by atoms with Crippen molar-refractivity contribution in [3.63, 3.8) is 0 Å². The van der Waals surface area contributed by atoms with Crippen LogP contribution in [0.1, 0.15) is 118 Å². The summed E-state index contributed by atoms with van der Waals surface area (Å²) in [7, 11) is 0. The molecule has 60 heavy (non-hydrogen) atoms. The number of hydrogen-bond donors (Lipinski definition) is 5. The molecule has 4 aliphatic carbocycles. The summed E-state index contributed by atoms with van der Waals surface area (Å²) in [6.07, 6.45) is -3.83. The van der Waals surface area contributed by atoms with Crippen LogP contribution < -0.4 is 0 Å². The molecule has 336 valence electrons. The van der Waals surface area contributed by atoms with Gasteiger partial charge in [-0.15, -0.1) is 0 Å². The minimum absolute atomic E-state index is 0.0189. The van der Waals surface area contributed by atoms with Gasteiger partial charge in [0.05, 0.1) is 31.5 Å². The molecule has 3 saturated carbocycles. The van der Waals surface area contributed by atoms with Crippen LogP contribution in [0.5, 0.6) is 0 Å². The van der Waals surface area contributed by atoms with Gasteiger partial charge in [-0.1, -0.05) is 76.6 Å². The Morgan fingerprint density at radius 1 is 0.867 bits per heavy atom. The lowest BCUT2D eigenvalue weighted by Gasteiger charge is -2.59. The summed E-state index contributed by atoms with van der Waals surface area (Å²) in [5.41, 5.74) is -0.243. The molecule has 2 saturated heterocycles. The molecule has 0 spiro atoms. The van der Waals surface area contributed by atoms with Crippen molar-refractivity contribution in [1.29, 1.82) is 0 Å². The standard InChI is InChI=1S/C47H70O13/c1-25(2)13-16-35(50)26(3)47(54)38(22-34-32-15-14-30-21-31(49)17-19-45(30,6)33(32)18-20-46(34,47)7)59-44-42(58-28(5)48)40(37(52)24-56-44)60-43-41(39(53)36(51)23-55-43)57-27(4)29-11-9-8-10-12-29/h8-12,14,25-27,31-34,36-44,49,51-54H,13,15-24H2,1-7H3/t26-,27?,31+,32?,33?,34?,36?,37?,38-,39?,40?,41?,42?,43?,44?,45+,46+,47-/m1/s1. The monoisotopic (exact) mass is 842 g/mol. The van der Waals surface area contributed by atoms with Gasteiger partial charge in [0.2, 0.25) is 0 Å². The molecule has 2 heterocycles. The van der Waals surface area contributed by atoms with Gasteiger partial charge in [-0.05, 0) is 92.9 Å². The van der Waals surface area contributed by atoms with E-state index in [0.717, 1.165) is 31.2 Å². The van der Waals surface area contributed by atoms with Crippen LogP contribution in [0.15, 0.2) is 42.0 Å². The molecule has 5 N–H and O–H groups in total. The normalized spacial score (nSPS) is 43.9. The average Bonchev–Trinajstić information content (AvgIpc) is 3.44. The predicted molar refractivity (Wildman–Crippen MR) is 219 cm³/mol. The summed E-state index contributed by atoms with van der Waals surface area (Å²) >= 11 is 0. The number of benzene rings is 1. The number of aliphatic hydroxyl groups excluding tert-OH is 4. The van der Waals surface area contributed by atoms with E-state index in [1.165, 1.54) is 12.5 Å². The lowest BCUT2D eigenvalue weighted by atomic mass is 9.46. The number of ether oxygens (including phenoxy) is 6. The molecular formula is C47H70O13. The zero-order valence-corrected chi connectivity index (χ0v) is 36.5. The maximum atomic E-state index is 14.2. The first-order valence-electron chi connectivity index (χ1n) is 22.5. The summed E-state index contributed by atoms with van der Waals surface area (Å²) in [6.45, 7) is 12.9. The second-order valence-corrected chi connectivity index (χ2v) is 19.8. The molecule has 7 rings (SSSR count). The van der Waals surface area contributed by atoms with Crippen LogP contribution in [0.3, 0.4) is 0 Å². The number of ketones is 1. The molecule has 0 aromatic heterocycles. The van der Waals surface area contributed by atoms with Crippen molar-refractivity contribution in [2.75, 3.05) is 13.2 Å². The van der Waals surface area contributed by atoms with Crippen molar-refractivity contribution in [3.8, 4) is 0 Å². The van der Waals surface area contributed by atoms with Crippen LogP contribution in [0.4, 0.5) is 0 Å². The molecule has 13 nitrogen and oxygen atoms in total. The van der Waals surface area contributed by atoms with Gasteiger partial charge in [0, 0.05) is 24.7 Å². The summed E-state index contributed by atoms with van der Waals surface area (Å²) in [5.74, 6) is -0.680. The van der Waals surface area contributed by atoms with Crippen molar-refractivity contribution in [1.82, 2.24) is 0 Å². The van der Waals surface area contributed by atoms with Crippen molar-refractivity contribution in [2.24, 2.45) is 40.4 Å². The summed E-state index contributed by atoms with van der Waals surface area (Å²) < 4.78 is 37.5. The first-order chi connectivity index (χ1) is 28.4. The number of rotatable bonds is 13. The van der Waals surface area contributed by atoms with E-state index in [2.05, 4.69) is 33.8 Å². The highest BCUT2D eigenvalue weighted by Gasteiger charge is 2.70. The highest BCUT2D eigenvalue weighted by molar-refractivity contribution is 5.82. The van der Waals surface area contributed by atoms with Crippen LogP contribution in [-0.4, -0.2) is 118 Å². The van der Waals surface area contributed by atoms with Gasteiger partial charge < -0.3 is 54.0 Å². The lowest BCUT2D eigenvalue weighted by Crippen LogP contribution is -2.64. The van der Waals surface area contributed by atoms with Gasteiger partial charge >= 0.3 is 5.97 Å². The Hall–Kier alpha value is -2.30. The predicted octanol–water partition coefficient (Wildman–Crippen LogP) is 4.94. The third-order valence-corrected chi connectivity index (χ3v) is 15.8. The molecule has 6 aliphatic rings. The Kier molecular flexibility index (Phi) is 13.8. The van der Waals surface area contributed by atoms with E-state index in [0.29, 0.717) is 43.9 Å². The van der Waals surface area contributed by atoms with Crippen LogP contribution in [-0.2, 0) is 38.0 Å². The van der Waals surface area contributed by atoms with E-state index in [9.17, 15) is 35.1 Å². The number of aliphatic hydroxyl groups is 5. The maximum absolute atomic E-state index is 14.2. The second-order valence-electron chi connectivity index (χ2n) is 19.8. The van der Waals surface area contributed by atoms with Crippen molar-refractivity contribution in [3.05, 3.63) is 47.5 Å². The van der Waals surface area contributed by atoms with Gasteiger partial charge in [-0.25, -0.2) is 0 Å². The van der Waals surface area contributed by atoms with Gasteiger partial charge in [-0.2, -0.15) is 0 Å². The summed E-state index contributed by atoms with van der Waals surface area (Å²) in [4.78, 5) is 27.0. The van der Waals surface area contributed by atoms with Gasteiger partial charge in [0.1, 0.15) is 41.9 Å². The molecule has 18 atom stereocenters. The first kappa shape index (κ1) is 45.7. The molecule has 0 bridgehead atoms. The molecule has 13 heteroatoms. The first-order valence-corrected chi connectivity index (χ1v) is 22.5. The molecule has 2 aliphatic heterocycles. The minimum Gasteiger partial charge on any atom is -0.454 e. The Bertz CT molecular complexity index is 1690. The fourth-order valence-electron chi connectivity index (χ4n) is 12.2. The molecule has 0 radical (unpaired) electrons. The smallest absolute Gasteiger partial charge is 0.303 e. The number of fused-ring (bicyclic) bond motifs is 5. The number of allylic oxidation sites excluding steroid dienone is 1. The van der Waals surface area contributed by atoms with E-state index in [1.54, 1.807) is 6.92 Å². The molecular weight excluding hydrogens is 773 g/mol. The lowest BCUT2D eigenvalue weighted by molar-refractivity contribution is -0.351. The molecule has 12 unspecified atom stereocenters. The van der Waals surface area contributed by atoms with E-state index in [1.807, 2.05) is 37.3 Å². The van der Waals surface area contributed by atoms with Gasteiger partial charge in [0.15, 0.2) is 18.7 Å². The van der Waals surface area contributed by atoms with E-state index < -0.39 is 84.3 Å². The van der Waals surface area contributed by atoms with Crippen LogP contribution in [0.2, 0.25) is 0 Å². The highest BCUT2D eigenvalue weighted by Crippen LogP contribution is 2.69. The second kappa shape index (κ2) is 18.1. The van der Waals surface area contributed by atoms with E-state index in [-0.39, 0.29) is 42.4 Å². The van der Waals surface area contributed by atoms with Crippen molar-refractivity contribution >= 4 is 11.8 Å². The minimum atomic E-state index is -1.62. The fraction of sp³-hybridized carbons (Fsp3) is 0.787. The number of carbonyl (C=O) groups is 2. The zero-order chi connectivity index (χ0) is 43.3. The molecule has 1 aromatic carbocycles. The Labute approximate surface area is 355 Å². The van der Waals surface area contributed by atoms with Gasteiger partial charge in [-0.3, -0.25) is 9.59 Å². The molecule has 0 amide bonds.